The molecule has 12 N–H and O–H groups in total. The maximum Gasteiger partial charge on any atom is 0.325 e. The average molecular weight is 898 g/mol. The van der Waals surface area contributed by atoms with Crippen molar-refractivity contribution in [3.8, 4) is 5.75 Å². The van der Waals surface area contributed by atoms with Crippen LogP contribution in [0.4, 0.5) is 0 Å². The van der Waals surface area contributed by atoms with Gasteiger partial charge in [0, 0.05) is 31.3 Å². The number of likely N-dealkylation sites (N-methyl/N-ethyl adjacent to an activating group) is 1. The van der Waals surface area contributed by atoms with Crippen molar-refractivity contribution in [2.24, 2.45) is 17.6 Å². The number of benzene rings is 1. The molecule has 0 saturated carbocycles. The number of nitrogens with zero attached hydrogens (tertiary/aromatic N) is 2. The van der Waals surface area contributed by atoms with Crippen LogP contribution in [0.3, 0.4) is 0 Å². The lowest BCUT2D eigenvalue weighted by Gasteiger charge is -2.32. The Labute approximate surface area is 373 Å². The van der Waals surface area contributed by atoms with Crippen LogP contribution >= 0.6 is 0 Å². The molecule has 0 unspecified atom stereocenters. The summed E-state index contributed by atoms with van der Waals surface area (Å²) in [6.07, 6.45) is 5.29. The second kappa shape index (κ2) is 25.9. The lowest BCUT2D eigenvalue weighted by Crippen LogP contribution is -2.62. The molecule has 1 aliphatic heterocycles. The lowest BCUT2D eigenvalue weighted by atomic mass is 9.96. The van der Waals surface area contributed by atoms with Gasteiger partial charge in [0.05, 0.1) is 12.9 Å². The molecular formula is C43H67N11O10. The summed E-state index contributed by atoms with van der Waals surface area (Å²) in [5, 5.41) is 38.2. The normalized spacial score (nSPS) is 16.9. The van der Waals surface area contributed by atoms with E-state index in [1.165, 1.54) is 36.5 Å². The third kappa shape index (κ3) is 15.9. The quantitative estimate of drug-likeness (QED) is 0.0504. The molecule has 0 bridgehead atoms. The zero-order valence-corrected chi connectivity index (χ0v) is 37.6. The van der Waals surface area contributed by atoms with Gasteiger partial charge >= 0.3 is 5.97 Å². The second-order valence-corrected chi connectivity index (χ2v) is 16.6. The first kappa shape index (κ1) is 52.3. The fraction of sp³-hybridized carbons (Fsp3) is 0.605. The summed E-state index contributed by atoms with van der Waals surface area (Å²) in [6.45, 7) is 8.80. The second-order valence-electron chi connectivity index (χ2n) is 16.6. The van der Waals surface area contributed by atoms with Crippen LogP contribution < -0.4 is 43.0 Å². The molecule has 64 heavy (non-hydrogen) atoms. The van der Waals surface area contributed by atoms with Crippen LogP contribution in [0.1, 0.15) is 84.4 Å². The Bertz CT molecular complexity index is 1880. The number of imidazole rings is 1. The van der Waals surface area contributed by atoms with Crippen LogP contribution in [-0.4, -0.2) is 141 Å². The number of carboxylic acid groups (broad SMARTS) is 1. The van der Waals surface area contributed by atoms with Crippen LogP contribution in [0.25, 0.3) is 0 Å². The molecule has 1 saturated heterocycles. The molecule has 0 radical (unpaired) electrons. The molecule has 2 heterocycles. The Balaban J connectivity index is 1.91. The number of phenolic OH excluding ortho intramolecular Hbond substituents is 1. The molecule has 1 aliphatic rings. The molecule has 0 spiro atoms. The summed E-state index contributed by atoms with van der Waals surface area (Å²) in [6, 6.07) is -2.12. The highest BCUT2D eigenvalue weighted by molar-refractivity contribution is 5.98. The van der Waals surface area contributed by atoms with Crippen molar-refractivity contribution in [1.29, 1.82) is 0 Å². The number of aliphatic carboxylic acids is 1. The molecular weight excluding hydrogens is 831 g/mol. The number of likely N-dealkylation sites (tertiary alicyclic amines) is 1. The summed E-state index contributed by atoms with van der Waals surface area (Å²) >= 11 is 0. The monoisotopic (exact) mass is 898 g/mol. The zero-order chi connectivity index (χ0) is 47.5. The first-order chi connectivity index (χ1) is 30.4. The number of aromatic hydroxyl groups is 1. The number of nitrogens with two attached hydrogens (primary N) is 1. The minimum absolute atomic E-state index is 0.0253. The largest absolute Gasteiger partial charge is 0.508 e. The Morgan fingerprint density at radius 2 is 1.47 bits per heavy atom. The van der Waals surface area contributed by atoms with E-state index in [-0.39, 0.29) is 44.5 Å². The molecule has 8 atom stereocenters. The van der Waals surface area contributed by atoms with Crippen LogP contribution in [-0.2, 0) is 51.2 Å². The summed E-state index contributed by atoms with van der Waals surface area (Å²) in [5.74, 6) is -6.69. The Morgan fingerprint density at radius 3 is 2.06 bits per heavy atom. The van der Waals surface area contributed by atoms with E-state index < -0.39 is 101 Å². The van der Waals surface area contributed by atoms with E-state index in [2.05, 4.69) is 47.2 Å². The van der Waals surface area contributed by atoms with Gasteiger partial charge in [0.25, 0.3) is 0 Å². The smallest absolute Gasteiger partial charge is 0.325 e. The van der Waals surface area contributed by atoms with Gasteiger partial charge in [-0.1, -0.05) is 46.2 Å². The highest BCUT2D eigenvalue weighted by Crippen LogP contribution is 2.21. The number of carbonyl (C=O) groups is 8. The van der Waals surface area contributed by atoms with Crippen molar-refractivity contribution in [3.05, 3.63) is 48.0 Å². The molecule has 21 nitrogen and oxygen atoms in total. The number of aromatic amines is 1. The van der Waals surface area contributed by atoms with E-state index >= 15 is 0 Å². The fourth-order valence-electron chi connectivity index (χ4n) is 7.20. The van der Waals surface area contributed by atoms with E-state index in [0.29, 0.717) is 43.5 Å². The molecule has 3 rings (SSSR count). The Morgan fingerprint density at radius 1 is 0.828 bits per heavy atom. The first-order valence-electron chi connectivity index (χ1n) is 21.8. The maximum absolute atomic E-state index is 14.4. The van der Waals surface area contributed by atoms with Gasteiger partial charge in [-0.15, -0.1) is 0 Å². The average Bonchev–Trinajstić information content (AvgIpc) is 3.97. The van der Waals surface area contributed by atoms with E-state index in [4.69, 9.17) is 5.73 Å². The highest BCUT2D eigenvalue weighted by Gasteiger charge is 2.40. The van der Waals surface area contributed by atoms with Crippen molar-refractivity contribution >= 4 is 47.3 Å². The number of carboxylic acids is 1. The minimum atomic E-state index is -1.32. The third-order valence-electron chi connectivity index (χ3n) is 11.1. The SMILES string of the molecule is CC[C@H](C)[C@H](NC(=O)[C@H](Cc1ccc(O)cc1)NC(=O)[C@@H](NC(=O)[C@H](CCCCN)NC(=O)CNC)C(C)C)C(=O)N[C@@H](Cc1cnc[nH]1)C(=O)N1CCC[C@H]1C(=O)N[C@H](C)C(=O)O. The fourth-order valence-corrected chi connectivity index (χ4v) is 7.20. The van der Waals surface area contributed by atoms with Crippen LogP contribution in [0, 0.1) is 11.8 Å². The van der Waals surface area contributed by atoms with Gasteiger partial charge in [-0.3, -0.25) is 38.4 Å². The number of phenols is 1. The van der Waals surface area contributed by atoms with Gasteiger partial charge in [-0.05, 0) is 82.2 Å². The van der Waals surface area contributed by atoms with Crippen molar-refractivity contribution < 1.29 is 48.6 Å². The molecule has 1 aromatic heterocycles. The Kier molecular flexibility index (Phi) is 21.1. The zero-order valence-electron chi connectivity index (χ0n) is 37.6. The van der Waals surface area contributed by atoms with E-state index in [1.807, 2.05) is 6.92 Å². The maximum atomic E-state index is 14.4. The predicted octanol–water partition coefficient (Wildman–Crippen LogP) is -1.04. The molecule has 1 fully saturated rings. The standard InChI is InChI=1S/C43H67N11O10/c1-7-25(4)36(41(61)51-32(20-28-21-46-23-47-28)42(62)54-18-10-12-33(54)39(59)48-26(5)43(63)64)53-38(58)31(19-27-13-15-29(55)16-14-27)50-40(60)35(24(2)3)52-37(57)30(11-8-9-17-44)49-34(56)22-45-6/h13-16,21,23-26,30-33,35-36,45,55H,7-12,17-20,22,44H2,1-6H3,(H,46,47)(H,48,59)(H,49,56)(H,50,60)(H,51,61)(H,52,57)(H,53,58)(H,63,64)/t25-,26+,30-,31-,32-,33-,35-,36-/m0/s1. The summed E-state index contributed by atoms with van der Waals surface area (Å²) in [7, 11) is 1.59. The number of rotatable bonds is 26. The van der Waals surface area contributed by atoms with E-state index in [9.17, 15) is 48.6 Å². The van der Waals surface area contributed by atoms with Crippen molar-refractivity contribution in [1.82, 2.24) is 52.1 Å². The lowest BCUT2D eigenvalue weighted by molar-refractivity contribution is -0.144. The van der Waals surface area contributed by atoms with Crippen LogP contribution in [0.15, 0.2) is 36.8 Å². The number of amides is 7. The van der Waals surface area contributed by atoms with Crippen molar-refractivity contribution in [2.45, 2.75) is 128 Å². The van der Waals surface area contributed by atoms with Crippen molar-refractivity contribution in [2.75, 3.05) is 26.7 Å². The Hall–Kier alpha value is -6.09. The van der Waals surface area contributed by atoms with E-state index in [1.54, 1.807) is 40.0 Å². The van der Waals surface area contributed by atoms with Crippen LogP contribution in [0.5, 0.6) is 5.75 Å². The molecule has 0 aliphatic carbocycles. The molecule has 21 heteroatoms. The molecule has 1 aromatic carbocycles. The van der Waals surface area contributed by atoms with Gasteiger partial charge < -0.3 is 63.0 Å². The van der Waals surface area contributed by atoms with Crippen LogP contribution in [0.2, 0.25) is 0 Å². The molecule has 354 valence electrons. The minimum Gasteiger partial charge on any atom is -0.508 e. The summed E-state index contributed by atoms with van der Waals surface area (Å²) in [4.78, 5) is 116. The number of aromatic nitrogens is 2. The highest BCUT2D eigenvalue weighted by atomic mass is 16.4. The number of hydrogen-bond acceptors (Lipinski definition) is 12. The first-order valence-corrected chi connectivity index (χ1v) is 21.8. The van der Waals surface area contributed by atoms with Gasteiger partial charge in [0.1, 0.15) is 48.0 Å². The predicted molar refractivity (Wildman–Crippen MR) is 235 cm³/mol. The van der Waals surface area contributed by atoms with Gasteiger partial charge in [-0.25, -0.2) is 4.98 Å². The van der Waals surface area contributed by atoms with Gasteiger partial charge in [-0.2, -0.15) is 0 Å². The summed E-state index contributed by atoms with van der Waals surface area (Å²) in [5.41, 5.74) is 6.70. The summed E-state index contributed by atoms with van der Waals surface area (Å²) < 4.78 is 0. The van der Waals surface area contributed by atoms with E-state index in [0.717, 1.165) is 0 Å². The topological polar surface area (TPSA) is 319 Å². The number of carbonyl (C=O) groups excluding carboxylic acids is 7. The molecule has 7 amide bonds. The number of H-pyrrole nitrogens is 1. The number of hydrogen-bond donors (Lipinski definition) is 11. The number of nitrogens with one attached hydrogen (secondary N) is 8. The van der Waals surface area contributed by atoms with Gasteiger partial charge in [0.2, 0.25) is 41.4 Å². The molecule has 2 aromatic rings. The number of unbranched alkanes of at least 4 members (excludes halogenated alkanes) is 1. The third-order valence-corrected chi connectivity index (χ3v) is 11.1. The van der Waals surface area contributed by atoms with Crippen molar-refractivity contribution in [3.63, 3.8) is 0 Å². The van der Waals surface area contributed by atoms with Gasteiger partial charge in [0.15, 0.2) is 0 Å².